The third kappa shape index (κ3) is 2.95. The van der Waals surface area contributed by atoms with Crippen molar-refractivity contribution in [3.8, 4) is 11.8 Å². The normalized spacial score (nSPS) is 15.9. The first-order valence-electron chi connectivity index (χ1n) is 8.60. The second kappa shape index (κ2) is 7.14. The Bertz CT molecular complexity index is 829. The van der Waals surface area contributed by atoms with Gasteiger partial charge in [0.1, 0.15) is 17.1 Å². The van der Waals surface area contributed by atoms with Crippen molar-refractivity contribution in [3.05, 3.63) is 23.5 Å². The van der Waals surface area contributed by atoms with E-state index in [1.165, 1.54) is 20.0 Å². The maximum atomic E-state index is 12.2. The third-order valence-corrected chi connectivity index (χ3v) is 5.15. The zero-order valence-electron chi connectivity index (χ0n) is 14.9. The van der Waals surface area contributed by atoms with Crippen molar-refractivity contribution in [2.24, 2.45) is 7.05 Å². The number of nitrogens with zero attached hydrogens (tertiary/aromatic N) is 3. The van der Waals surface area contributed by atoms with Gasteiger partial charge in [0.15, 0.2) is 0 Å². The van der Waals surface area contributed by atoms with Gasteiger partial charge in [0, 0.05) is 13.0 Å². The number of esters is 1. The molecule has 0 radical (unpaired) electrons. The molecule has 1 fully saturated rings. The van der Waals surface area contributed by atoms with Gasteiger partial charge in [-0.25, -0.2) is 4.98 Å². The molecule has 1 aliphatic rings. The van der Waals surface area contributed by atoms with E-state index < -0.39 is 11.9 Å². The van der Waals surface area contributed by atoms with Crippen LogP contribution >= 0.6 is 0 Å². The highest BCUT2D eigenvalue weighted by molar-refractivity contribution is 5.91. The van der Waals surface area contributed by atoms with E-state index in [2.05, 4.69) is 10.6 Å². The topological polar surface area (TPSA) is 77.1 Å². The molecule has 1 saturated carbocycles. The predicted octanol–water partition coefficient (Wildman–Crippen LogP) is 3.41. The van der Waals surface area contributed by atoms with Gasteiger partial charge in [-0.05, 0) is 24.5 Å². The van der Waals surface area contributed by atoms with Crippen molar-refractivity contribution < 1.29 is 14.3 Å². The lowest BCUT2D eigenvalue weighted by Gasteiger charge is -2.14. The van der Waals surface area contributed by atoms with Gasteiger partial charge < -0.3 is 14.0 Å². The molecule has 1 unspecified atom stereocenters. The number of nitriles is 1. The molecule has 0 spiro atoms. The van der Waals surface area contributed by atoms with E-state index in [0.717, 1.165) is 41.0 Å². The smallest absolute Gasteiger partial charge is 0.314 e. The Morgan fingerprint density at radius 3 is 2.72 bits per heavy atom. The standard InChI is InChI=1S/C19H23N3O3/c1-22-17-15(24-2)9-8-13(14(10-11-20)19(23)25-3)16(17)21-18(22)12-6-4-5-7-12/h8-9,12,14H,4-7,10H2,1-3H3. The number of carbonyl (C=O) groups excluding carboxylic acids is 1. The summed E-state index contributed by atoms with van der Waals surface area (Å²) in [4.78, 5) is 17.1. The third-order valence-electron chi connectivity index (χ3n) is 5.15. The first kappa shape index (κ1) is 17.3. The molecule has 132 valence electrons. The van der Waals surface area contributed by atoms with Crippen LogP contribution in [0, 0.1) is 11.3 Å². The lowest BCUT2D eigenvalue weighted by Crippen LogP contribution is -2.14. The molecule has 1 aromatic carbocycles. The molecule has 6 nitrogen and oxygen atoms in total. The minimum Gasteiger partial charge on any atom is -0.494 e. The highest BCUT2D eigenvalue weighted by Crippen LogP contribution is 2.39. The van der Waals surface area contributed by atoms with Gasteiger partial charge in [-0.1, -0.05) is 18.9 Å². The van der Waals surface area contributed by atoms with E-state index in [0.29, 0.717) is 5.92 Å². The Kier molecular flexibility index (Phi) is 4.93. The molecular formula is C19H23N3O3. The van der Waals surface area contributed by atoms with E-state index in [4.69, 9.17) is 19.7 Å². The van der Waals surface area contributed by atoms with Gasteiger partial charge in [0.25, 0.3) is 0 Å². The Morgan fingerprint density at radius 1 is 1.40 bits per heavy atom. The minimum absolute atomic E-state index is 0.0590. The average Bonchev–Trinajstić information content (AvgIpc) is 3.27. The molecule has 1 heterocycles. The fourth-order valence-corrected chi connectivity index (χ4v) is 3.87. The molecule has 3 rings (SSSR count). The number of aromatic nitrogens is 2. The van der Waals surface area contributed by atoms with E-state index in [-0.39, 0.29) is 6.42 Å². The van der Waals surface area contributed by atoms with Gasteiger partial charge in [-0.15, -0.1) is 0 Å². The monoisotopic (exact) mass is 341 g/mol. The Hall–Kier alpha value is -2.55. The van der Waals surface area contributed by atoms with Gasteiger partial charge in [-0.2, -0.15) is 5.26 Å². The number of hydrogen-bond donors (Lipinski definition) is 0. The van der Waals surface area contributed by atoms with Crippen LogP contribution in [-0.4, -0.2) is 29.7 Å². The maximum Gasteiger partial charge on any atom is 0.314 e. The summed E-state index contributed by atoms with van der Waals surface area (Å²) < 4.78 is 12.5. The van der Waals surface area contributed by atoms with Crippen LogP contribution < -0.4 is 4.74 Å². The zero-order chi connectivity index (χ0) is 18.0. The van der Waals surface area contributed by atoms with Crippen molar-refractivity contribution in [3.63, 3.8) is 0 Å². The fourth-order valence-electron chi connectivity index (χ4n) is 3.87. The molecule has 0 bridgehead atoms. The van der Waals surface area contributed by atoms with E-state index in [1.807, 2.05) is 19.2 Å². The summed E-state index contributed by atoms with van der Waals surface area (Å²) in [5.41, 5.74) is 2.33. The number of rotatable bonds is 5. The SMILES string of the molecule is COC(=O)C(CC#N)c1ccc(OC)c2c1nc(C1CCCC1)n2C. The van der Waals surface area contributed by atoms with Gasteiger partial charge >= 0.3 is 5.97 Å². The Balaban J connectivity index is 2.21. The van der Waals surface area contributed by atoms with Crippen LogP contribution in [0.4, 0.5) is 0 Å². The van der Waals surface area contributed by atoms with Crippen molar-refractivity contribution in [1.29, 1.82) is 5.26 Å². The molecule has 2 aromatic rings. The molecule has 1 atom stereocenters. The Morgan fingerprint density at radius 2 is 2.12 bits per heavy atom. The zero-order valence-corrected chi connectivity index (χ0v) is 14.9. The molecule has 1 aliphatic carbocycles. The maximum absolute atomic E-state index is 12.2. The van der Waals surface area contributed by atoms with Crippen LogP contribution in [0.2, 0.25) is 0 Å². The van der Waals surface area contributed by atoms with E-state index in [9.17, 15) is 4.79 Å². The van der Waals surface area contributed by atoms with E-state index in [1.54, 1.807) is 7.11 Å². The molecule has 0 aliphatic heterocycles. The van der Waals surface area contributed by atoms with Crippen LogP contribution in [0.1, 0.15) is 55.3 Å². The molecule has 0 saturated heterocycles. The van der Waals surface area contributed by atoms with Crippen molar-refractivity contribution in [1.82, 2.24) is 9.55 Å². The number of carbonyl (C=O) groups is 1. The summed E-state index contributed by atoms with van der Waals surface area (Å²) in [6, 6.07) is 5.75. The number of benzene rings is 1. The summed E-state index contributed by atoms with van der Waals surface area (Å²) in [5, 5.41) is 9.14. The summed E-state index contributed by atoms with van der Waals surface area (Å²) in [6.45, 7) is 0. The second-order valence-electron chi connectivity index (χ2n) is 6.50. The average molecular weight is 341 g/mol. The fraction of sp³-hybridized carbons (Fsp3) is 0.526. The number of imidazole rings is 1. The Labute approximate surface area is 147 Å². The molecule has 0 N–H and O–H groups in total. The highest BCUT2D eigenvalue weighted by Gasteiger charge is 2.29. The van der Waals surface area contributed by atoms with Crippen LogP contribution in [0.3, 0.4) is 0 Å². The van der Waals surface area contributed by atoms with E-state index >= 15 is 0 Å². The molecule has 6 heteroatoms. The number of aryl methyl sites for hydroxylation is 1. The number of methoxy groups -OCH3 is 2. The predicted molar refractivity (Wildman–Crippen MR) is 93.5 cm³/mol. The van der Waals surface area contributed by atoms with Crippen molar-refractivity contribution >= 4 is 17.0 Å². The molecular weight excluding hydrogens is 318 g/mol. The highest BCUT2D eigenvalue weighted by atomic mass is 16.5. The first-order valence-corrected chi connectivity index (χ1v) is 8.60. The summed E-state index contributed by atoms with van der Waals surface area (Å²) in [6.07, 6.45) is 4.76. The molecule has 0 amide bonds. The van der Waals surface area contributed by atoms with Crippen molar-refractivity contribution in [2.45, 2.75) is 43.9 Å². The summed E-state index contributed by atoms with van der Waals surface area (Å²) in [7, 11) is 4.96. The van der Waals surface area contributed by atoms with Gasteiger partial charge in [0.05, 0.1) is 38.1 Å². The van der Waals surface area contributed by atoms with Crippen LogP contribution in [0.15, 0.2) is 12.1 Å². The van der Waals surface area contributed by atoms with Gasteiger partial charge in [0.2, 0.25) is 0 Å². The van der Waals surface area contributed by atoms with Crippen LogP contribution in [0.5, 0.6) is 5.75 Å². The lowest BCUT2D eigenvalue weighted by atomic mass is 9.95. The number of fused-ring (bicyclic) bond motifs is 1. The molecule has 25 heavy (non-hydrogen) atoms. The first-order chi connectivity index (χ1) is 12.1. The number of hydrogen-bond acceptors (Lipinski definition) is 5. The van der Waals surface area contributed by atoms with Gasteiger partial charge in [-0.3, -0.25) is 4.79 Å². The summed E-state index contributed by atoms with van der Waals surface area (Å²) in [5.74, 6) is 1.12. The van der Waals surface area contributed by atoms with Crippen LogP contribution in [0.25, 0.3) is 11.0 Å². The largest absolute Gasteiger partial charge is 0.494 e. The quantitative estimate of drug-likeness (QED) is 0.779. The minimum atomic E-state index is -0.644. The van der Waals surface area contributed by atoms with Crippen molar-refractivity contribution in [2.75, 3.05) is 14.2 Å². The summed E-state index contributed by atoms with van der Waals surface area (Å²) >= 11 is 0. The van der Waals surface area contributed by atoms with Crippen LogP contribution in [-0.2, 0) is 16.6 Å². The number of ether oxygens (including phenoxy) is 2. The molecule has 1 aromatic heterocycles. The second-order valence-corrected chi connectivity index (χ2v) is 6.50. The lowest BCUT2D eigenvalue weighted by molar-refractivity contribution is -0.142.